The average molecular weight is 224 g/mol. The molecule has 0 atom stereocenters. The lowest BCUT2D eigenvalue weighted by Gasteiger charge is -2.00. The van der Waals surface area contributed by atoms with Crippen molar-refractivity contribution >= 4 is 5.78 Å². The lowest BCUT2D eigenvalue weighted by Crippen LogP contribution is -1.82. The van der Waals surface area contributed by atoms with Crippen molar-refractivity contribution in [2.45, 2.75) is 78.1 Å². The van der Waals surface area contributed by atoms with E-state index in [9.17, 15) is 4.79 Å². The third kappa shape index (κ3) is 13.4. The van der Waals surface area contributed by atoms with Crippen molar-refractivity contribution in [3.63, 3.8) is 0 Å². The number of carbonyl (C=O) groups excluding carboxylic acids is 1. The fraction of sp³-hybridized carbons (Fsp3) is 0.800. The van der Waals surface area contributed by atoms with Crippen LogP contribution in [0.15, 0.2) is 12.2 Å². The van der Waals surface area contributed by atoms with Crippen LogP contribution in [0.4, 0.5) is 0 Å². The Balaban J connectivity index is 3.01. The molecule has 0 bridgehead atoms. The molecule has 0 aliphatic carbocycles. The fourth-order valence-corrected chi connectivity index (χ4v) is 1.82. The van der Waals surface area contributed by atoms with Crippen molar-refractivity contribution < 1.29 is 4.79 Å². The van der Waals surface area contributed by atoms with Crippen molar-refractivity contribution in [1.29, 1.82) is 0 Å². The maximum atomic E-state index is 10.6. The van der Waals surface area contributed by atoms with Gasteiger partial charge in [-0.3, -0.25) is 4.79 Å². The first-order valence-electron chi connectivity index (χ1n) is 6.94. The number of ketones is 1. The summed E-state index contributed by atoms with van der Waals surface area (Å²) in [5.41, 5.74) is 0. The van der Waals surface area contributed by atoms with Crippen LogP contribution >= 0.6 is 0 Å². The van der Waals surface area contributed by atoms with Crippen LogP contribution in [-0.4, -0.2) is 5.78 Å². The molecule has 0 spiro atoms. The maximum Gasteiger partial charge on any atom is 0.152 e. The number of rotatable bonds is 11. The predicted octanol–water partition coefficient (Wildman–Crippen LogP) is 5.05. The first kappa shape index (κ1) is 15.4. The molecule has 0 aromatic heterocycles. The van der Waals surface area contributed by atoms with Gasteiger partial charge in [0.05, 0.1) is 0 Å². The smallest absolute Gasteiger partial charge is 0.152 e. The Morgan fingerprint density at radius 3 is 1.88 bits per heavy atom. The highest BCUT2D eigenvalue weighted by Crippen LogP contribution is 2.10. The van der Waals surface area contributed by atoms with Crippen molar-refractivity contribution in [1.82, 2.24) is 0 Å². The van der Waals surface area contributed by atoms with E-state index in [1.807, 2.05) is 6.08 Å². The van der Waals surface area contributed by atoms with E-state index >= 15 is 0 Å². The Kier molecular flexibility index (Phi) is 12.0. The molecule has 94 valence electrons. The molecule has 0 fully saturated rings. The molecule has 0 aromatic carbocycles. The van der Waals surface area contributed by atoms with Crippen molar-refractivity contribution in [2.75, 3.05) is 0 Å². The second-order valence-electron chi connectivity index (χ2n) is 4.63. The van der Waals surface area contributed by atoms with Gasteiger partial charge in [0.1, 0.15) is 0 Å². The first-order chi connectivity index (χ1) is 7.77. The monoisotopic (exact) mass is 224 g/mol. The molecule has 0 unspecified atom stereocenters. The summed E-state index contributed by atoms with van der Waals surface area (Å²) in [4.78, 5) is 10.6. The van der Waals surface area contributed by atoms with Crippen LogP contribution in [0.5, 0.6) is 0 Å². The number of allylic oxidation sites excluding steroid dienone is 2. The number of hydrogen-bond donors (Lipinski definition) is 0. The third-order valence-corrected chi connectivity index (χ3v) is 2.83. The summed E-state index contributed by atoms with van der Waals surface area (Å²) in [5.74, 6) is 0.163. The largest absolute Gasteiger partial charge is 0.295 e. The normalized spacial score (nSPS) is 11.1. The molecule has 1 nitrogen and oxygen atoms in total. The van der Waals surface area contributed by atoms with E-state index in [2.05, 4.69) is 6.92 Å². The lowest BCUT2D eigenvalue weighted by molar-refractivity contribution is -0.112. The second-order valence-corrected chi connectivity index (χ2v) is 4.63. The number of hydrogen-bond acceptors (Lipinski definition) is 1. The highest BCUT2D eigenvalue weighted by molar-refractivity contribution is 5.87. The second kappa shape index (κ2) is 12.5. The highest BCUT2D eigenvalue weighted by atomic mass is 16.1. The van der Waals surface area contributed by atoms with E-state index in [1.54, 1.807) is 13.0 Å². The molecule has 1 heteroatoms. The van der Waals surface area contributed by atoms with Gasteiger partial charge < -0.3 is 0 Å². The third-order valence-electron chi connectivity index (χ3n) is 2.83. The molecule has 0 saturated heterocycles. The Morgan fingerprint density at radius 1 is 0.875 bits per heavy atom. The zero-order valence-electron chi connectivity index (χ0n) is 11.1. The Bertz CT molecular complexity index is 182. The summed E-state index contributed by atoms with van der Waals surface area (Å²) in [6, 6.07) is 0. The van der Waals surface area contributed by atoms with Crippen molar-refractivity contribution in [3.8, 4) is 0 Å². The van der Waals surface area contributed by atoms with Crippen LogP contribution in [0, 0.1) is 0 Å². The minimum Gasteiger partial charge on any atom is -0.295 e. The van der Waals surface area contributed by atoms with E-state index < -0.39 is 0 Å². The van der Waals surface area contributed by atoms with Gasteiger partial charge in [0.15, 0.2) is 5.78 Å². The van der Waals surface area contributed by atoms with Gasteiger partial charge in [-0.2, -0.15) is 0 Å². The zero-order valence-corrected chi connectivity index (χ0v) is 11.1. The summed E-state index contributed by atoms with van der Waals surface area (Å²) < 4.78 is 0. The van der Waals surface area contributed by atoms with E-state index in [4.69, 9.17) is 0 Å². The number of carbonyl (C=O) groups is 1. The van der Waals surface area contributed by atoms with Gasteiger partial charge in [0.2, 0.25) is 0 Å². The topological polar surface area (TPSA) is 17.1 Å². The van der Waals surface area contributed by atoms with Crippen LogP contribution in [0.25, 0.3) is 0 Å². The molecular formula is C15H28O. The molecule has 0 saturated carbocycles. The van der Waals surface area contributed by atoms with Crippen LogP contribution in [-0.2, 0) is 4.79 Å². The minimum atomic E-state index is 0.163. The molecule has 0 heterocycles. The molecule has 0 rings (SSSR count). The molecule has 0 N–H and O–H groups in total. The average Bonchev–Trinajstić information content (AvgIpc) is 2.25. The molecule has 0 radical (unpaired) electrons. The van der Waals surface area contributed by atoms with Crippen LogP contribution < -0.4 is 0 Å². The van der Waals surface area contributed by atoms with Crippen LogP contribution in [0.3, 0.4) is 0 Å². The quantitative estimate of drug-likeness (QED) is 0.354. The van der Waals surface area contributed by atoms with Gasteiger partial charge in [0.25, 0.3) is 0 Å². The Morgan fingerprint density at radius 2 is 1.38 bits per heavy atom. The van der Waals surface area contributed by atoms with Crippen LogP contribution in [0.1, 0.15) is 78.1 Å². The first-order valence-corrected chi connectivity index (χ1v) is 6.94. The Labute approximate surface area is 101 Å². The molecule has 16 heavy (non-hydrogen) atoms. The van der Waals surface area contributed by atoms with Crippen molar-refractivity contribution in [2.24, 2.45) is 0 Å². The maximum absolute atomic E-state index is 10.6. The summed E-state index contributed by atoms with van der Waals surface area (Å²) in [5, 5.41) is 0. The summed E-state index contributed by atoms with van der Waals surface area (Å²) in [7, 11) is 0. The molecule has 0 amide bonds. The Hall–Kier alpha value is -0.590. The molecule has 0 aromatic rings. The number of unbranched alkanes of at least 4 members (excludes halogenated alkanes) is 9. The summed E-state index contributed by atoms with van der Waals surface area (Å²) in [6.45, 7) is 3.86. The highest BCUT2D eigenvalue weighted by Gasteiger charge is 1.91. The van der Waals surface area contributed by atoms with E-state index in [0.717, 1.165) is 6.42 Å². The summed E-state index contributed by atoms with van der Waals surface area (Å²) in [6.07, 6.45) is 17.0. The van der Waals surface area contributed by atoms with Gasteiger partial charge >= 0.3 is 0 Å². The SMILES string of the molecule is CCCCCCCCCCC/C=C/C(C)=O. The van der Waals surface area contributed by atoms with E-state index in [-0.39, 0.29) is 5.78 Å². The minimum absolute atomic E-state index is 0.163. The molecule has 0 aliphatic heterocycles. The van der Waals surface area contributed by atoms with Gasteiger partial charge in [0, 0.05) is 0 Å². The van der Waals surface area contributed by atoms with Crippen molar-refractivity contribution in [3.05, 3.63) is 12.2 Å². The summed E-state index contributed by atoms with van der Waals surface area (Å²) >= 11 is 0. The molecule has 0 aliphatic rings. The van der Waals surface area contributed by atoms with E-state index in [1.165, 1.54) is 57.8 Å². The van der Waals surface area contributed by atoms with Crippen LogP contribution in [0.2, 0.25) is 0 Å². The van der Waals surface area contributed by atoms with Gasteiger partial charge in [-0.25, -0.2) is 0 Å². The van der Waals surface area contributed by atoms with E-state index in [0.29, 0.717) is 0 Å². The standard InChI is InChI=1S/C15H28O/c1-3-4-5-6-7-8-9-10-11-12-13-14-15(2)16/h13-14H,3-12H2,1-2H3/b14-13+. The van der Waals surface area contributed by atoms with Gasteiger partial charge in [-0.15, -0.1) is 0 Å². The molecular weight excluding hydrogens is 196 g/mol. The zero-order chi connectivity index (χ0) is 12.1. The fourth-order valence-electron chi connectivity index (χ4n) is 1.82. The predicted molar refractivity (Wildman–Crippen MR) is 71.7 cm³/mol. The van der Waals surface area contributed by atoms with Gasteiger partial charge in [-0.1, -0.05) is 64.4 Å². The van der Waals surface area contributed by atoms with Gasteiger partial charge in [-0.05, 0) is 25.8 Å². The lowest BCUT2D eigenvalue weighted by atomic mass is 10.1.